The molecule has 1 aromatic rings. The standard InChI is InChI=1S/C14H16F4N2O.C2HF3O2/c15-12-5-4-9(6-11(12)14(16,17)18)7-19-8-10-2-1-3-13(21)20-10;3-2(4,5)1(6)7/h4-6,10,19H,1-3,7-8H2,(H,20,21);(H,6,7)/t10-;/m1./s1. The van der Waals surface area contributed by atoms with E-state index in [1.807, 2.05) is 0 Å². The largest absolute Gasteiger partial charge is 0.490 e. The van der Waals surface area contributed by atoms with Crippen LogP contribution in [0, 0.1) is 5.82 Å². The topological polar surface area (TPSA) is 78.4 Å². The number of alkyl halides is 6. The lowest BCUT2D eigenvalue weighted by Gasteiger charge is -2.23. The second kappa shape index (κ2) is 9.71. The summed E-state index contributed by atoms with van der Waals surface area (Å²) in [5, 5.41) is 12.9. The van der Waals surface area contributed by atoms with Crippen LogP contribution in [0.4, 0.5) is 30.7 Å². The molecule has 1 saturated heterocycles. The van der Waals surface area contributed by atoms with Crippen LogP contribution in [-0.2, 0) is 22.3 Å². The highest BCUT2D eigenvalue weighted by molar-refractivity contribution is 5.76. The number of piperidine rings is 1. The average Bonchev–Trinajstić information content (AvgIpc) is 2.55. The Morgan fingerprint density at radius 1 is 1.21 bits per heavy atom. The van der Waals surface area contributed by atoms with Gasteiger partial charge in [0.15, 0.2) is 0 Å². The van der Waals surface area contributed by atoms with E-state index in [1.54, 1.807) is 0 Å². The van der Waals surface area contributed by atoms with Crippen molar-refractivity contribution in [3.8, 4) is 0 Å². The number of amides is 1. The Labute approximate surface area is 154 Å². The molecule has 5 nitrogen and oxygen atoms in total. The summed E-state index contributed by atoms with van der Waals surface area (Å²) < 4.78 is 82.6. The Kier molecular flexibility index (Phi) is 8.21. The first kappa shape index (κ1) is 23.7. The van der Waals surface area contributed by atoms with Gasteiger partial charge in [0, 0.05) is 25.6 Å². The predicted octanol–water partition coefficient (Wildman–Crippen LogP) is 3.24. The third-order valence-corrected chi connectivity index (χ3v) is 3.62. The molecule has 0 aromatic heterocycles. The molecular formula is C16H17F7N2O3. The minimum Gasteiger partial charge on any atom is -0.475 e. The molecule has 1 atom stereocenters. The van der Waals surface area contributed by atoms with Crippen molar-refractivity contribution in [1.82, 2.24) is 10.6 Å². The summed E-state index contributed by atoms with van der Waals surface area (Å²) >= 11 is 0. The van der Waals surface area contributed by atoms with Gasteiger partial charge in [0.1, 0.15) is 5.82 Å². The number of carboxylic acids is 1. The van der Waals surface area contributed by atoms with Crippen molar-refractivity contribution in [2.75, 3.05) is 6.54 Å². The van der Waals surface area contributed by atoms with Crippen molar-refractivity contribution in [1.29, 1.82) is 0 Å². The molecule has 0 unspecified atom stereocenters. The normalized spacial score (nSPS) is 17.4. The van der Waals surface area contributed by atoms with Crippen LogP contribution < -0.4 is 10.6 Å². The van der Waals surface area contributed by atoms with E-state index in [9.17, 15) is 35.5 Å². The zero-order valence-corrected chi connectivity index (χ0v) is 14.3. The molecule has 1 fully saturated rings. The van der Waals surface area contributed by atoms with Crippen LogP contribution in [0.3, 0.4) is 0 Å². The number of hydrogen-bond acceptors (Lipinski definition) is 3. The van der Waals surface area contributed by atoms with Crippen LogP contribution in [0.5, 0.6) is 0 Å². The molecule has 1 aliphatic rings. The lowest BCUT2D eigenvalue weighted by molar-refractivity contribution is -0.192. The van der Waals surface area contributed by atoms with Crippen LogP contribution in [0.15, 0.2) is 18.2 Å². The van der Waals surface area contributed by atoms with Crippen molar-refractivity contribution in [2.45, 2.75) is 44.2 Å². The molecule has 0 saturated carbocycles. The second-order valence-corrected chi connectivity index (χ2v) is 5.90. The number of benzene rings is 1. The molecule has 0 aliphatic carbocycles. The maximum atomic E-state index is 13.1. The van der Waals surface area contributed by atoms with Crippen LogP contribution in [0.2, 0.25) is 0 Å². The molecule has 1 amide bonds. The van der Waals surface area contributed by atoms with E-state index < -0.39 is 29.7 Å². The highest BCUT2D eigenvalue weighted by Crippen LogP contribution is 2.31. The van der Waals surface area contributed by atoms with Crippen molar-refractivity contribution in [3.05, 3.63) is 35.1 Å². The molecule has 1 aliphatic heterocycles. The summed E-state index contributed by atoms with van der Waals surface area (Å²) in [6, 6.07) is 2.94. The van der Waals surface area contributed by atoms with Gasteiger partial charge >= 0.3 is 18.3 Å². The quantitative estimate of drug-likeness (QED) is 0.657. The Hall–Kier alpha value is -2.37. The van der Waals surface area contributed by atoms with Gasteiger partial charge in [-0.25, -0.2) is 9.18 Å². The van der Waals surface area contributed by atoms with Gasteiger partial charge in [0.25, 0.3) is 0 Å². The number of carboxylic acid groups (broad SMARTS) is 1. The monoisotopic (exact) mass is 418 g/mol. The highest BCUT2D eigenvalue weighted by atomic mass is 19.4. The number of carbonyl (C=O) groups is 2. The third-order valence-electron chi connectivity index (χ3n) is 3.62. The van der Waals surface area contributed by atoms with Crippen molar-refractivity contribution in [3.63, 3.8) is 0 Å². The van der Waals surface area contributed by atoms with E-state index in [1.165, 1.54) is 6.07 Å². The van der Waals surface area contributed by atoms with Crippen molar-refractivity contribution < 1.29 is 45.4 Å². The number of carbonyl (C=O) groups excluding carboxylic acids is 1. The van der Waals surface area contributed by atoms with Gasteiger partial charge < -0.3 is 15.7 Å². The molecule has 28 heavy (non-hydrogen) atoms. The van der Waals surface area contributed by atoms with E-state index in [4.69, 9.17) is 9.90 Å². The molecule has 0 spiro atoms. The average molecular weight is 418 g/mol. The summed E-state index contributed by atoms with van der Waals surface area (Å²) in [6.45, 7) is 0.667. The predicted molar refractivity (Wildman–Crippen MR) is 82.6 cm³/mol. The van der Waals surface area contributed by atoms with Crippen molar-refractivity contribution >= 4 is 11.9 Å². The summed E-state index contributed by atoms with van der Waals surface area (Å²) in [5.41, 5.74) is -0.904. The van der Waals surface area contributed by atoms with Crippen molar-refractivity contribution in [2.24, 2.45) is 0 Å². The smallest absolute Gasteiger partial charge is 0.475 e. The minimum atomic E-state index is -5.08. The molecular weight excluding hydrogens is 401 g/mol. The summed E-state index contributed by atoms with van der Waals surface area (Å²) in [7, 11) is 0. The van der Waals surface area contributed by atoms with E-state index in [-0.39, 0.29) is 18.5 Å². The van der Waals surface area contributed by atoms with Crippen LogP contribution >= 0.6 is 0 Å². The van der Waals surface area contributed by atoms with Gasteiger partial charge in [-0.1, -0.05) is 6.07 Å². The van der Waals surface area contributed by atoms with Gasteiger partial charge in [0.2, 0.25) is 5.91 Å². The maximum absolute atomic E-state index is 13.1. The number of halogens is 7. The lowest BCUT2D eigenvalue weighted by Crippen LogP contribution is -2.44. The summed E-state index contributed by atoms with van der Waals surface area (Å²) in [5.74, 6) is -4.03. The number of hydrogen-bond donors (Lipinski definition) is 3. The molecule has 0 radical (unpaired) electrons. The molecule has 1 heterocycles. The van der Waals surface area contributed by atoms with Crippen LogP contribution in [0.25, 0.3) is 0 Å². The van der Waals surface area contributed by atoms with Crippen LogP contribution in [0.1, 0.15) is 30.4 Å². The summed E-state index contributed by atoms with van der Waals surface area (Å²) in [4.78, 5) is 20.1. The zero-order chi connectivity index (χ0) is 21.5. The third kappa shape index (κ3) is 8.11. The first-order valence-corrected chi connectivity index (χ1v) is 7.96. The number of aliphatic carboxylic acids is 1. The first-order chi connectivity index (χ1) is 12.8. The van der Waals surface area contributed by atoms with Gasteiger partial charge in [-0.15, -0.1) is 0 Å². The Morgan fingerprint density at radius 3 is 2.32 bits per heavy atom. The molecule has 1 aromatic carbocycles. The van der Waals surface area contributed by atoms with Gasteiger partial charge in [-0.3, -0.25) is 4.79 Å². The van der Waals surface area contributed by atoms with Gasteiger partial charge in [0.05, 0.1) is 5.56 Å². The fourth-order valence-corrected chi connectivity index (χ4v) is 2.32. The van der Waals surface area contributed by atoms with E-state index >= 15 is 0 Å². The second-order valence-electron chi connectivity index (χ2n) is 5.90. The van der Waals surface area contributed by atoms with Gasteiger partial charge in [-0.05, 0) is 30.5 Å². The lowest BCUT2D eigenvalue weighted by atomic mass is 10.0. The summed E-state index contributed by atoms with van der Waals surface area (Å²) in [6.07, 6.45) is -7.61. The number of rotatable bonds is 4. The first-order valence-electron chi connectivity index (χ1n) is 7.96. The molecule has 12 heteroatoms. The fraction of sp³-hybridized carbons (Fsp3) is 0.500. The Balaban J connectivity index is 0.000000480. The number of nitrogens with one attached hydrogen (secondary N) is 2. The van der Waals surface area contributed by atoms with E-state index in [0.717, 1.165) is 25.0 Å². The van der Waals surface area contributed by atoms with E-state index in [2.05, 4.69) is 10.6 Å². The molecule has 158 valence electrons. The molecule has 3 N–H and O–H groups in total. The molecule has 2 rings (SSSR count). The van der Waals surface area contributed by atoms with Gasteiger partial charge in [-0.2, -0.15) is 26.3 Å². The fourth-order valence-electron chi connectivity index (χ4n) is 2.32. The zero-order valence-electron chi connectivity index (χ0n) is 14.3. The van der Waals surface area contributed by atoms with E-state index in [0.29, 0.717) is 18.5 Å². The SMILES string of the molecule is O=C(O)C(F)(F)F.O=C1CCC[C@H](CNCc2ccc(F)c(C(F)(F)F)c2)N1. The minimum absolute atomic E-state index is 0.00538. The Bertz CT molecular complexity index is 690. The highest BCUT2D eigenvalue weighted by Gasteiger charge is 2.38. The van der Waals surface area contributed by atoms with Crippen LogP contribution in [-0.4, -0.2) is 35.7 Å². The Morgan fingerprint density at radius 2 is 1.82 bits per heavy atom. The maximum Gasteiger partial charge on any atom is 0.490 e. The molecule has 0 bridgehead atoms.